The van der Waals surface area contributed by atoms with Crippen LogP contribution >= 0.6 is 35.9 Å². The van der Waals surface area contributed by atoms with Crippen molar-refractivity contribution in [3.05, 3.63) is 59.7 Å². The molecule has 0 spiro atoms. The van der Waals surface area contributed by atoms with Crippen molar-refractivity contribution in [3.63, 3.8) is 0 Å². The second-order valence-corrected chi connectivity index (χ2v) is 7.74. The normalized spacial score (nSPS) is 12.7. The van der Waals surface area contributed by atoms with Crippen molar-refractivity contribution in [2.24, 2.45) is 0 Å². The second-order valence-electron chi connectivity index (χ2n) is 5.52. The van der Waals surface area contributed by atoms with Crippen LogP contribution in [0.5, 0.6) is 0 Å². The number of rotatable bonds is 6. The summed E-state index contributed by atoms with van der Waals surface area (Å²) in [6, 6.07) is 17.5. The highest BCUT2D eigenvalue weighted by molar-refractivity contribution is 8.08. The summed E-state index contributed by atoms with van der Waals surface area (Å²) in [5.74, 6) is 1.13. The third-order valence-corrected chi connectivity index (χ3v) is 6.34. The van der Waals surface area contributed by atoms with E-state index in [1.807, 2.05) is 23.5 Å². The Morgan fingerprint density at radius 2 is 1.58 bits per heavy atom. The third-order valence-electron chi connectivity index (χ3n) is 4.14. The fourth-order valence-corrected chi connectivity index (χ4v) is 4.97. The van der Waals surface area contributed by atoms with Gasteiger partial charge in [0.1, 0.15) is 0 Å². The van der Waals surface area contributed by atoms with Crippen LogP contribution in [0.1, 0.15) is 25.0 Å². The Bertz CT molecular complexity index is 696. The Balaban J connectivity index is 0.00000208. The van der Waals surface area contributed by atoms with Crippen LogP contribution in [0.4, 0.5) is 0 Å². The minimum Gasteiger partial charge on any atom is -0.303 e. The van der Waals surface area contributed by atoms with Crippen molar-refractivity contribution >= 4 is 46.9 Å². The lowest BCUT2D eigenvalue weighted by molar-refractivity contribution is 0.324. The van der Waals surface area contributed by atoms with Crippen LogP contribution in [0.2, 0.25) is 0 Å². The first-order valence-electron chi connectivity index (χ1n) is 8.25. The smallest absolute Gasteiger partial charge is 0.0206 e. The van der Waals surface area contributed by atoms with Crippen molar-refractivity contribution in [3.8, 4) is 0 Å². The van der Waals surface area contributed by atoms with E-state index in [1.54, 1.807) is 0 Å². The molecule has 1 nitrogen and oxygen atoms in total. The predicted molar refractivity (Wildman–Crippen MR) is 112 cm³/mol. The first-order chi connectivity index (χ1) is 11.3. The highest BCUT2D eigenvalue weighted by Gasteiger charge is 2.15. The summed E-state index contributed by atoms with van der Waals surface area (Å²) in [4.78, 5) is 6.59. The van der Waals surface area contributed by atoms with Crippen LogP contribution in [0.3, 0.4) is 0 Å². The van der Waals surface area contributed by atoms with Crippen molar-refractivity contribution in [2.45, 2.75) is 23.6 Å². The van der Waals surface area contributed by atoms with E-state index < -0.39 is 0 Å². The average molecular weight is 378 g/mol. The number of halogens is 1. The molecule has 0 bridgehead atoms. The summed E-state index contributed by atoms with van der Waals surface area (Å²) in [6.07, 6.45) is 2.36. The van der Waals surface area contributed by atoms with Gasteiger partial charge in [0.15, 0.2) is 0 Å². The predicted octanol–water partition coefficient (Wildman–Crippen LogP) is 6.15. The van der Waals surface area contributed by atoms with Crippen molar-refractivity contribution in [1.29, 1.82) is 0 Å². The van der Waals surface area contributed by atoms with E-state index in [4.69, 9.17) is 0 Å². The molecule has 0 aromatic heterocycles. The summed E-state index contributed by atoms with van der Waals surface area (Å²) in [7, 11) is 0. The fourth-order valence-electron chi connectivity index (χ4n) is 2.73. The monoisotopic (exact) mass is 377 g/mol. The van der Waals surface area contributed by atoms with Gasteiger partial charge >= 0.3 is 0 Å². The zero-order valence-electron chi connectivity index (χ0n) is 14.2. The van der Waals surface area contributed by atoms with Crippen LogP contribution in [-0.4, -0.2) is 30.3 Å². The molecule has 128 valence electrons. The topological polar surface area (TPSA) is 3.24 Å². The molecule has 3 rings (SSSR count). The molecule has 24 heavy (non-hydrogen) atoms. The zero-order valence-corrected chi connectivity index (χ0v) is 16.6. The number of hydrogen-bond acceptors (Lipinski definition) is 3. The largest absolute Gasteiger partial charge is 0.303 e. The first kappa shape index (κ1) is 19.5. The van der Waals surface area contributed by atoms with Crippen LogP contribution in [-0.2, 0) is 0 Å². The van der Waals surface area contributed by atoms with Gasteiger partial charge in [0, 0.05) is 32.6 Å². The Morgan fingerprint density at radius 1 is 0.917 bits per heavy atom. The third kappa shape index (κ3) is 4.60. The van der Waals surface area contributed by atoms with Crippen LogP contribution in [0, 0.1) is 0 Å². The van der Waals surface area contributed by atoms with Crippen LogP contribution in [0.25, 0.3) is 11.0 Å². The first-order valence-corrected chi connectivity index (χ1v) is 10.0. The Hall–Kier alpha value is -0.870. The lowest BCUT2D eigenvalue weighted by Crippen LogP contribution is -2.25. The number of hydrogen-bond donors (Lipinski definition) is 0. The Labute approximate surface area is 160 Å². The number of benzene rings is 2. The van der Waals surface area contributed by atoms with E-state index >= 15 is 0 Å². The second kappa shape index (κ2) is 9.57. The van der Waals surface area contributed by atoms with E-state index in [1.165, 1.54) is 25.8 Å². The quantitative estimate of drug-likeness (QED) is 0.594. The molecule has 1 heterocycles. The molecule has 0 fully saturated rings. The maximum Gasteiger partial charge on any atom is 0.0206 e. The molecule has 0 saturated carbocycles. The highest BCUT2D eigenvalue weighted by atomic mass is 35.5. The van der Waals surface area contributed by atoms with E-state index in [-0.39, 0.29) is 12.4 Å². The van der Waals surface area contributed by atoms with Crippen molar-refractivity contribution in [2.75, 3.05) is 25.4 Å². The SMILES string of the molecule is CCN(CC)CCSC1=Cc2ccccc2Sc2ccccc21.Cl. The molecule has 0 atom stereocenters. The Kier molecular flexibility index (Phi) is 7.76. The van der Waals surface area contributed by atoms with E-state index in [0.29, 0.717) is 0 Å². The van der Waals surface area contributed by atoms with Gasteiger partial charge in [-0.25, -0.2) is 0 Å². The zero-order chi connectivity index (χ0) is 16.1. The molecule has 0 unspecified atom stereocenters. The molecule has 0 saturated heterocycles. The van der Waals surface area contributed by atoms with Crippen molar-refractivity contribution in [1.82, 2.24) is 4.90 Å². The molecule has 2 aromatic carbocycles. The summed E-state index contributed by atoms with van der Waals surface area (Å²) in [5.41, 5.74) is 2.71. The summed E-state index contributed by atoms with van der Waals surface area (Å²) >= 11 is 3.86. The molecule has 4 heteroatoms. The standard InChI is InChI=1S/C20H23NS2.ClH/c1-3-21(4-2)13-14-22-20-15-16-9-5-7-11-18(16)23-19-12-8-6-10-17(19)20;/h5-12,15H,3-4,13-14H2,1-2H3;1H. The van der Waals surface area contributed by atoms with Gasteiger partial charge in [0.25, 0.3) is 0 Å². The maximum absolute atomic E-state index is 2.48. The number of fused-ring (bicyclic) bond motifs is 2. The van der Waals surface area contributed by atoms with E-state index in [2.05, 4.69) is 73.4 Å². The van der Waals surface area contributed by atoms with E-state index in [9.17, 15) is 0 Å². The molecule has 0 N–H and O–H groups in total. The fraction of sp³-hybridized carbons (Fsp3) is 0.300. The Morgan fingerprint density at radius 3 is 2.33 bits per heavy atom. The number of thioether (sulfide) groups is 1. The molecule has 1 aliphatic heterocycles. The molecular weight excluding hydrogens is 354 g/mol. The minimum atomic E-state index is 0. The molecular formula is C20H24ClNS2. The van der Waals surface area contributed by atoms with Gasteiger partial charge in [-0.05, 0) is 36.9 Å². The maximum atomic E-state index is 2.48. The van der Waals surface area contributed by atoms with Gasteiger partial charge in [-0.1, -0.05) is 62.0 Å². The molecule has 2 aromatic rings. The van der Waals surface area contributed by atoms with Gasteiger partial charge < -0.3 is 4.90 Å². The van der Waals surface area contributed by atoms with E-state index in [0.717, 1.165) is 25.4 Å². The minimum absolute atomic E-state index is 0. The molecule has 0 radical (unpaired) electrons. The molecule has 1 aliphatic rings. The number of nitrogens with zero attached hydrogens (tertiary/aromatic N) is 1. The summed E-state index contributed by atoms with van der Waals surface area (Å²) < 4.78 is 0. The summed E-state index contributed by atoms with van der Waals surface area (Å²) in [6.45, 7) is 7.88. The lowest BCUT2D eigenvalue weighted by Gasteiger charge is -2.18. The van der Waals surface area contributed by atoms with Gasteiger partial charge in [-0.3, -0.25) is 0 Å². The van der Waals surface area contributed by atoms with Crippen LogP contribution in [0.15, 0.2) is 58.3 Å². The van der Waals surface area contributed by atoms with Gasteiger partial charge in [0.05, 0.1) is 0 Å². The van der Waals surface area contributed by atoms with Gasteiger partial charge in [-0.15, -0.1) is 24.2 Å². The lowest BCUT2D eigenvalue weighted by atomic mass is 10.1. The van der Waals surface area contributed by atoms with Crippen molar-refractivity contribution < 1.29 is 0 Å². The van der Waals surface area contributed by atoms with Gasteiger partial charge in [-0.2, -0.15) is 0 Å². The van der Waals surface area contributed by atoms with Gasteiger partial charge in [0.2, 0.25) is 0 Å². The highest BCUT2D eigenvalue weighted by Crippen LogP contribution is 2.43. The molecule has 0 aliphatic carbocycles. The van der Waals surface area contributed by atoms with Crippen LogP contribution < -0.4 is 0 Å². The molecule has 0 amide bonds. The average Bonchev–Trinajstić information content (AvgIpc) is 2.75. The summed E-state index contributed by atoms with van der Waals surface area (Å²) in [5, 5.41) is 0.